The van der Waals surface area contributed by atoms with Crippen molar-refractivity contribution in [1.29, 1.82) is 5.26 Å². The summed E-state index contributed by atoms with van der Waals surface area (Å²) >= 11 is 9.67. The molecule has 0 amide bonds. The molecular formula is C13H10BrClN2O. The second kappa shape index (κ2) is 5.05. The zero-order chi connectivity index (χ0) is 13.3. The summed E-state index contributed by atoms with van der Waals surface area (Å²) in [5.74, 6) is 0.773. The maximum atomic E-state index is 9.09. The maximum Gasteiger partial charge on any atom is 0.119 e. The molecule has 0 N–H and O–H groups in total. The fraction of sp³-hybridized carbons (Fsp3) is 0.154. The summed E-state index contributed by atoms with van der Waals surface area (Å²) in [4.78, 5) is 0. The van der Waals surface area contributed by atoms with E-state index < -0.39 is 0 Å². The molecular weight excluding hydrogens is 316 g/mol. The van der Waals surface area contributed by atoms with Crippen LogP contribution in [0, 0.1) is 18.3 Å². The molecule has 0 unspecified atom stereocenters. The van der Waals surface area contributed by atoms with Gasteiger partial charge in [0.05, 0.1) is 12.7 Å². The molecule has 1 heterocycles. The highest BCUT2D eigenvalue weighted by molar-refractivity contribution is 9.10. The van der Waals surface area contributed by atoms with Crippen LogP contribution < -0.4 is 4.74 Å². The average Bonchev–Trinajstić information content (AvgIpc) is 2.60. The molecule has 2 rings (SSSR count). The van der Waals surface area contributed by atoms with Gasteiger partial charge in [-0.15, -0.1) is 0 Å². The van der Waals surface area contributed by atoms with E-state index in [2.05, 4.69) is 22.0 Å². The predicted octanol–water partition coefficient (Wildman–Crippen LogP) is 4.08. The topological polar surface area (TPSA) is 38.0 Å². The molecule has 0 atom stereocenters. The molecule has 18 heavy (non-hydrogen) atoms. The van der Waals surface area contributed by atoms with Gasteiger partial charge in [-0.05, 0) is 47.1 Å². The van der Waals surface area contributed by atoms with Crippen LogP contribution in [0.3, 0.4) is 0 Å². The van der Waals surface area contributed by atoms with E-state index in [1.165, 1.54) is 0 Å². The van der Waals surface area contributed by atoms with Gasteiger partial charge >= 0.3 is 0 Å². The van der Waals surface area contributed by atoms with Crippen molar-refractivity contribution in [3.05, 3.63) is 45.1 Å². The van der Waals surface area contributed by atoms with E-state index in [9.17, 15) is 0 Å². The normalized spacial score (nSPS) is 10.2. The van der Waals surface area contributed by atoms with Crippen LogP contribution in [0.2, 0.25) is 5.15 Å². The minimum absolute atomic E-state index is 0.531. The molecule has 0 bridgehead atoms. The lowest BCUT2D eigenvalue weighted by atomic mass is 10.2. The summed E-state index contributed by atoms with van der Waals surface area (Å²) in [6.45, 7) is 1.83. The molecule has 0 fully saturated rings. The molecule has 0 saturated heterocycles. The molecule has 0 radical (unpaired) electrons. The molecule has 0 aliphatic heterocycles. The van der Waals surface area contributed by atoms with Gasteiger partial charge in [0.1, 0.15) is 21.6 Å². The van der Waals surface area contributed by atoms with Crippen molar-refractivity contribution in [3.63, 3.8) is 0 Å². The Labute approximate surface area is 119 Å². The van der Waals surface area contributed by atoms with Crippen molar-refractivity contribution in [1.82, 2.24) is 4.57 Å². The first-order chi connectivity index (χ1) is 8.60. The summed E-state index contributed by atoms with van der Waals surface area (Å²) in [7, 11) is 1.62. The zero-order valence-electron chi connectivity index (χ0n) is 9.87. The Balaban J connectivity index is 2.61. The van der Waals surface area contributed by atoms with E-state index in [4.69, 9.17) is 21.6 Å². The fourth-order valence-corrected chi connectivity index (χ4v) is 2.86. The molecule has 1 aromatic carbocycles. The van der Waals surface area contributed by atoms with E-state index in [0.717, 1.165) is 17.0 Å². The fourth-order valence-electron chi connectivity index (χ4n) is 1.71. The third-order valence-corrected chi connectivity index (χ3v) is 3.93. The SMILES string of the molecule is COc1ccc(-n2c(Cl)c(C)c(C#N)c2Br)cc1. The largest absolute Gasteiger partial charge is 0.497 e. The second-order valence-electron chi connectivity index (χ2n) is 3.73. The lowest BCUT2D eigenvalue weighted by Gasteiger charge is -2.08. The minimum atomic E-state index is 0.531. The van der Waals surface area contributed by atoms with Crippen LogP contribution in [-0.4, -0.2) is 11.7 Å². The van der Waals surface area contributed by atoms with Crippen LogP contribution in [0.4, 0.5) is 0 Å². The Kier molecular flexibility index (Phi) is 3.65. The Bertz CT molecular complexity index is 626. The van der Waals surface area contributed by atoms with Gasteiger partial charge < -0.3 is 4.74 Å². The first kappa shape index (κ1) is 13.0. The highest BCUT2D eigenvalue weighted by Gasteiger charge is 2.18. The number of methoxy groups -OCH3 is 1. The lowest BCUT2D eigenvalue weighted by Crippen LogP contribution is -1.94. The van der Waals surface area contributed by atoms with Crippen LogP contribution >= 0.6 is 27.5 Å². The highest BCUT2D eigenvalue weighted by Crippen LogP contribution is 2.33. The molecule has 1 aromatic heterocycles. The van der Waals surface area contributed by atoms with Crippen molar-refractivity contribution in [2.45, 2.75) is 6.92 Å². The first-order valence-electron chi connectivity index (χ1n) is 5.21. The summed E-state index contributed by atoms with van der Waals surface area (Å²) in [6.07, 6.45) is 0. The van der Waals surface area contributed by atoms with E-state index in [1.54, 1.807) is 11.7 Å². The summed E-state index contributed by atoms with van der Waals surface area (Å²) in [5.41, 5.74) is 2.19. The quantitative estimate of drug-likeness (QED) is 0.834. The number of aromatic nitrogens is 1. The summed E-state index contributed by atoms with van der Waals surface area (Å²) in [6, 6.07) is 9.60. The number of hydrogen-bond donors (Lipinski definition) is 0. The first-order valence-corrected chi connectivity index (χ1v) is 6.38. The van der Waals surface area contributed by atoms with E-state index in [-0.39, 0.29) is 0 Å². The van der Waals surface area contributed by atoms with Gasteiger partial charge in [0.2, 0.25) is 0 Å². The number of nitrogens with zero attached hydrogens (tertiary/aromatic N) is 2. The van der Waals surface area contributed by atoms with Crippen molar-refractivity contribution in [3.8, 4) is 17.5 Å². The zero-order valence-corrected chi connectivity index (χ0v) is 12.2. The number of benzene rings is 1. The van der Waals surface area contributed by atoms with E-state index in [0.29, 0.717) is 15.3 Å². The van der Waals surface area contributed by atoms with E-state index >= 15 is 0 Å². The maximum absolute atomic E-state index is 9.09. The summed E-state index contributed by atoms with van der Waals surface area (Å²) in [5, 5.41) is 9.63. The smallest absolute Gasteiger partial charge is 0.119 e. The third kappa shape index (κ3) is 2.00. The highest BCUT2D eigenvalue weighted by atomic mass is 79.9. The molecule has 0 aliphatic rings. The van der Waals surface area contributed by atoms with Gasteiger partial charge in [-0.3, -0.25) is 4.57 Å². The van der Waals surface area contributed by atoms with Crippen molar-refractivity contribution in [2.24, 2.45) is 0 Å². The Morgan fingerprint density at radius 3 is 2.39 bits per heavy atom. The lowest BCUT2D eigenvalue weighted by molar-refractivity contribution is 0.414. The van der Waals surface area contributed by atoms with Crippen LogP contribution in [0.5, 0.6) is 5.75 Å². The van der Waals surface area contributed by atoms with Gasteiger partial charge in [-0.25, -0.2) is 0 Å². The average molecular weight is 326 g/mol. The Hall–Kier alpha value is -1.44. The number of hydrogen-bond acceptors (Lipinski definition) is 2. The Morgan fingerprint density at radius 1 is 1.33 bits per heavy atom. The molecule has 0 spiro atoms. The molecule has 0 aliphatic carbocycles. The van der Waals surface area contributed by atoms with E-state index in [1.807, 2.05) is 31.2 Å². The van der Waals surface area contributed by atoms with Gasteiger partial charge in [0.25, 0.3) is 0 Å². The Morgan fingerprint density at radius 2 is 1.94 bits per heavy atom. The van der Waals surface area contributed by atoms with Gasteiger partial charge in [0.15, 0.2) is 0 Å². The standard InChI is InChI=1S/C13H10BrClN2O/c1-8-11(7-16)12(14)17(13(8)15)9-3-5-10(18-2)6-4-9/h3-6H,1-2H3. The van der Waals surface area contributed by atoms with Crippen LogP contribution in [0.25, 0.3) is 5.69 Å². The number of halogens is 2. The molecule has 0 saturated carbocycles. The van der Waals surface area contributed by atoms with Gasteiger partial charge in [-0.2, -0.15) is 5.26 Å². The molecule has 92 valence electrons. The number of nitriles is 1. The van der Waals surface area contributed by atoms with Gasteiger partial charge in [-0.1, -0.05) is 11.6 Å². The van der Waals surface area contributed by atoms with Crippen LogP contribution in [-0.2, 0) is 0 Å². The second-order valence-corrected chi connectivity index (χ2v) is 4.84. The molecule has 2 aromatic rings. The predicted molar refractivity (Wildman–Crippen MR) is 74.5 cm³/mol. The van der Waals surface area contributed by atoms with Crippen molar-refractivity contribution >= 4 is 27.5 Å². The monoisotopic (exact) mass is 324 g/mol. The number of ether oxygens (including phenoxy) is 1. The summed E-state index contributed by atoms with van der Waals surface area (Å²) < 4.78 is 7.56. The van der Waals surface area contributed by atoms with Gasteiger partial charge in [0, 0.05) is 11.3 Å². The van der Waals surface area contributed by atoms with Crippen molar-refractivity contribution in [2.75, 3.05) is 7.11 Å². The van der Waals surface area contributed by atoms with Crippen LogP contribution in [0.15, 0.2) is 28.9 Å². The minimum Gasteiger partial charge on any atom is -0.497 e. The van der Waals surface area contributed by atoms with Crippen molar-refractivity contribution < 1.29 is 4.74 Å². The number of rotatable bonds is 2. The molecule has 3 nitrogen and oxygen atoms in total. The third-order valence-electron chi connectivity index (χ3n) is 2.73. The van der Waals surface area contributed by atoms with Crippen LogP contribution in [0.1, 0.15) is 11.1 Å². The molecule has 5 heteroatoms.